The van der Waals surface area contributed by atoms with Gasteiger partial charge in [0.05, 0.1) is 13.2 Å². The van der Waals surface area contributed by atoms with Crippen LogP contribution in [0.5, 0.6) is 5.75 Å². The Bertz CT molecular complexity index is 1120. The average molecular weight is 421 g/mol. The van der Waals surface area contributed by atoms with Crippen molar-refractivity contribution < 1.29 is 9.53 Å². The van der Waals surface area contributed by atoms with Crippen LogP contribution < -0.4 is 20.9 Å². The highest BCUT2D eigenvalue weighted by molar-refractivity contribution is 5.76. The van der Waals surface area contributed by atoms with Crippen molar-refractivity contribution in [2.24, 2.45) is 0 Å². The van der Waals surface area contributed by atoms with Crippen LogP contribution in [0.15, 0.2) is 53.3 Å². The van der Waals surface area contributed by atoms with Gasteiger partial charge in [0.2, 0.25) is 11.9 Å². The standard InChI is InChI=1S/C24H28N4O3/c1-15-10-16(2)12-20(11-15)27-24-25-17(3)13-23(30)28(24)14-22(29)26-18(4)19-6-8-21(31-5)9-7-19/h6-13,18H,14H2,1-5H3,(H,25,27)(H,26,29)/t18-/m0/s1. The van der Waals surface area contributed by atoms with Gasteiger partial charge in [0, 0.05) is 17.4 Å². The van der Waals surface area contributed by atoms with Gasteiger partial charge in [-0.15, -0.1) is 0 Å². The van der Waals surface area contributed by atoms with Crippen molar-refractivity contribution in [3.8, 4) is 5.75 Å². The van der Waals surface area contributed by atoms with Crippen LogP contribution in [0.25, 0.3) is 0 Å². The van der Waals surface area contributed by atoms with Crippen molar-refractivity contribution in [1.29, 1.82) is 0 Å². The number of aromatic nitrogens is 2. The number of nitrogens with zero attached hydrogens (tertiary/aromatic N) is 2. The van der Waals surface area contributed by atoms with Gasteiger partial charge in [0.15, 0.2) is 0 Å². The summed E-state index contributed by atoms with van der Waals surface area (Å²) in [6, 6.07) is 14.7. The minimum Gasteiger partial charge on any atom is -0.497 e. The lowest BCUT2D eigenvalue weighted by Crippen LogP contribution is -2.35. The third-order valence-electron chi connectivity index (χ3n) is 4.91. The molecule has 0 saturated heterocycles. The molecule has 3 rings (SSSR count). The molecular formula is C24H28N4O3. The van der Waals surface area contributed by atoms with Gasteiger partial charge in [-0.2, -0.15) is 0 Å². The molecule has 3 aromatic rings. The normalized spacial score (nSPS) is 11.6. The maximum Gasteiger partial charge on any atom is 0.255 e. The Balaban J connectivity index is 1.79. The van der Waals surface area contributed by atoms with E-state index in [4.69, 9.17) is 4.74 Å². The van der Waals surface area contributed by atoms with Gasteiger partial charge in [-0.1, -0.05) is 18.2 Å². The molecule has 0 aliphatic rings. The second kappa shape index (κ2) is 9.47. The summed E-state index contributed by atoms with van der Waals surface area (Å²) in [5.74, 6) is 0.809. The molecule has 2 N–H and O–H groups in total. The van der Waals surface area contributed by atoms with Gasteiger partial charge in [0.1, 0.15) is 12.3 Å². The smallest absolute Gasteiger partial charge is 0.255 e. The lowest BCUT2D eigenvalue weighted by atomic mass is 10.1. The van der Waals surface area contributed by atoms with Gasteiger partial charge in [-0.3, -0.25) is 14.2 Å². The fourth-order valence-electron chi connectivity index (χ4n) is 3.45. The van der Waals surface area contributed by atoms with E-state index in [2.05, 4.69) is 21.7 Å². The average Bonchev–Trinajstić information content (AvgIpc) is 2.70. The Morgan fingerprint density at radius 3 is 2.32 bits per heavy atom. The minimum atomic E-state index is -0.286. The first-order valence-electron chi connectivity index (χ1n) is 10.1. The first-order valence-corrected chi connectivity index (χ1v) is 10.1. The molecule has 0 aliphatic heterocycles. The summed E-state index contributed by atoms with van der Waals surface area (Å²) >= 11 is 0. The topological polar surface area (TPSA) is 85.2 Å². The zero-order valence-corrected chi connectivity index (χ0v) is 18.5. The highest BCUT2D eigenvalue weighted by Crippen LogP contribution is 2.19. The van der Waals surface area contributed by atoms with Crippen LogP contribution in [-0.4, -0.2) is 22.6 Å². The number of aryl methyl sites for hydroxylation is 3. The van der Waals surface area contributed by atoms with E-state index in [1.54, 1.807) is 14.0 Å². The second-order valence-electron chi connectivity index (χ2n) is 7.71. The molecule has 0 saturated carbocycles. The number of amides is 1. The molecule has 0 radical (unpaired) electrons. The Hall–Kier alpha value is -3.61. The van der Waals surface area contributed by atoms with Crippen molar-refractivity contribution >= 4 is 17.5 Å². The second-order valence-corrected chi connectivity index (χ2v) is 7.71. The van der Waals surface area contributed by atoms with Crippen molar-refractivity contribution in [3.63, 3.8) is 0 Å². The van der Waals surface area contributed by atoms with Gasteiger partial charge < -0.3 is 15.4 Å². The lowest BCUT2D eigenvalue weighted by molar-refractivity contribution is -0.122. The lowest BCUT2D eigenvalue weighted by Gasteiger charge is -2.18. The molecule has 1 heterocycles. The van der Waals surface area contributed by atoms with Crippen molar-refractivity contribution in [2.45, 2.75) is 40.3 Å². The summed E-state index contributed by atoms with van der Waals surface area (Å²) in [6.45, 7) is 7.51. The SMILES string of the molecule is COc1ccc([C@H](C)NC(=O)Cn2c(Nc3cc(C)cc(C)c3)nc(C)cc2=O)cc1. The maximum atomic E-state index is 12.7. The number of anilines is 2. The number of benzene rings is 2. The number of carbonyl (C=O) groups is 1. The maximum absolute atomic E-state index is 12.7. The van der Waals surface area contributed by atoms with Crippen LogP contribution in [0.1, 0.15) is 35.3 Å². The van der Waals surface area contributed by atoms with E-state index < -0.39 is 0 Å². The molecule has 0 unspecified atom stereocenters. The fraction of sp³-hybridized carbons (Fsp3) is 0.292. The van der Waals surface area contributed by atoms with Crippen LogP contribution in [0.4, 0.5) is 11.6 Å². The molecule has 0 bridgehead atoms. The third kappa shape index (κ3) is 5.72. The fourth-order valence-corrected chi connectivity index (χ4v) is 3.45. The summed E-state index contributed by atoms with van der Waals surface area (Å²) < 4.78 is 6.52. The Morgan fingerprint density at radius 1 is 1.06 bits per heavy atom. The zero-order valence-electron chi connectivity index (χ0n) is 18.5. The van der Waals surface area contributed by atoms with Crippen molar-refractivity contribution in [3.05, 3.63) is 81.3 Å². The van der Waals surface area contributed by atoms with E-state index >= 15 is 0 Å². The highest BCUT2D eigenvalue weighted by atomic mass is 16.5. The molecule has 7 nitrogen and oxygen atoms in total. The monoisotopic (exact) mass is 420 g/mol. The molecule has 0 aliphatic carbocycles. The molecule has 1 atom stereocenters. The molecule has 162 valence electrons. The molecule has 1 amide bonds. The quantitative estimate of drug-likeness (QED) is 0.607. The third-order valence-corrected chi connectivity index (χ3v) is 4.91. The van der Waals surface area contributed by atoms with Gasteiger partial charge in [-0.05, 0) is 68.7 Å². The molecule has 7 heteroatoms. The van der Waals surface area contributed by atoms with Gasteiger partial charge in [0.25, 0.3) is 5.56 Å². The minimum absolute atomic E-state index is 0.139. The first kappa shape index (κ1) is 22.1. The van der Waals surface area contributed by atoms with Crippen LogP contribution in [0.3, 0.4) is 0 Å². The largest absolute Gasteiger partial charge is 0.497 e. The Morgan fingerprint density at radius 2 is 1.71 bits per heavy atom. The predicted octanol–water partition coefficient (Wildman–Crippen LogP) is 3.80. The highest BCUT2D eigenvalue weighted by Gasteiger charge is 2.15. The number of nitrogens with one attached hydrogen (secondary N) is 2. The van der Waals surface area contributed by atoms with Gasteiger partial charge >= 0.3 is 0 Å². The van der Waals surface area contributed by atoms with E-state index in [0.717, 1.165) is 28.1 Å². The van der Waals surface area contributed by atoms with E-state index in [9.17, 15) is 9.59 Å². The van der Waals surface area contributed by atoms with Crippen molar-refractivity contribution in [2.75, 3.05) is 12.4 Å². The van der Waals surface area contributed by atoms with Crippen molar-refractivity contribution in [1.82, 2.24) is 14.9 Å². The molecule has 31 heavy (non-hydrogen) atoms. The summed E-state index contributed by atoms with van der Waals surface area (Å²) in [5.41, 5.74) is 4.24. The Labute approximate surface area is 182 Å². The first-order chi connectivity index (χ1) is 14.7. The molecule has 1 aromatic heterocycles. The number of rotatable bonds is 7. The number of hydrogen-bond donors (Lipinski definition) is 2. The van der Waals surface area contributed by atoms with E-state index in [0.29, 0.717) is 11.6 Å². The van der Waals surface area contributed by atoms with E-state index in [-0.39, 0.29) is 24.1 Å². The van der Waals surface area contributed by atoms with E-state index in [1.807, 2.05) is 57.2 Å². The molecule has 0 fully saturated rings. The summed E-state index contributed by atoms with van der Waals surface area (Å²) in [4.78, 5) is 29.8. The molecule has 0 spiro atoms. The molecular weight excluding hydrogens is 392 g/mol. The van der Waals surface area contributed by atoms with Gasteiger partial charge in [-0.25, -0.2) is 4.98 Å². The van der Waals surface area contributed by atoms with Crippen LogP contribution in [0, 0.1) is 20.8 Å². The summed E-state index contributed by atoms with van der Waals surface area (Å²) in [7, 11) is 1.61. The summed E-state index contributed by atoms with van der Waals surface area (Å²) in [5, 5.41) is 6.14. The number of carbonyl (C=O) groups excluding carboxylic acids is 1. The van der Waals surface area contributed by atoms with Crippen LogP contribution in [-0.2, 0) is 11.3 Å². The number of ether oxygens (including phenoxy) is 1. The van der Waals surface area contributed by atoms with Crippen LogP contribution in [0.2, 0.25) is 0 Å². The van der Waals surface area contributed by atoms with Crippen LogP contribution >= 0.6 is 0 Å². The number of methoxy groups -OCH3 is 1. The van der Waals surface area contributed by atoms with E-state index in [1.165, 1.54) is 10.6 Å². The summed E-state index contributed by atoms with van der Waals surface area (Å²) in [6.07, 6.45) is 0. The zero-order chi connectivity index (χ0) is 22.5. The molecule has 2 aromatic carbocycles. The Kier molecular flexibility index (Phi) is 6.74. The number of hydrogen-bond acceptors (Lipinski definition) is 5. The predicted molar refractivity (Wildman–Crippen MR) is 122 cm³/mol.